The number of allylic oxidation sites excluding steroid dienone is 2. The van der Waals surface area contributed by atoms with Crippen molar-refractivity contribution >= 4 is 11.9 Å². The predicted molar refractivity (Wildman–Crippen MR) is 82.8 cm³/mol. The minimum absolute atomic E-state index is 0.183. The molecule has 0 aromatic heterocycles. The SMILES string of the molecule is CC1=C(C)C[C@@H](C(=O)[O-])[C@@H](C(=O)NCCc2ccccc2)C1. The van der Waals surface area contributed by atoms with E-state index in [4.69, 9.17) is 0 Å². The van der Waals surface area contributed by atoms with Gasteiger partial charge in [0.25, 0.3) is 0 Å². The van der Waals surface area contributed by atoms with Crippen LogP contribution in [0.3, 0.4) is 0 Å². The molecule has 4 nitrogen and oxygen atoms in total. The molecule has 1 aromatic carbocycles. The lowest BCUT2D eigenvalue weighted by atomic mass is 9.76. The van der Waals surface area contributed by atoms with Crippen molar-refractivity contribution in [3.63, 3.8) is 0 Å². The first-order valence-electron chi connectivity index (χ1n) is 7.66. The first kappa shape index (κ1) is 16.3. The average molecular weight is 300 g/mol. The topological polar surface area (TPSA) is 69.2 Å². The molecule has 1 aromatic rings. The van der Waals surface area contributed by atoms with Crippen molar-refractivity contribution in [3.8, 4) is 0 Å². The highest BCUT2D eigenvalue weighted by molar-refractivity contribution is 5.85. The van der Waals surface area contributed by atoms with Gasteiger partial charge in [-0.3, -0.25) is 4.79 Å². The van der Waals surface area contributed by atoms with Crippen molar-refractivity contribution in [2.24, 2.45) is 11.8 Å². The second kappa shape index (κ2) is 7.25. The van der Waals surface area contributed by atoms with Gasteiger partial charge in [-0.1, -0.05) is 41.5 Å². The molecule has 0 saturated carbocycles. The monoisotopic (exact) mass is 300 g/mol. The van der Waals surface area contributed by atoms with Gasteiger partial charge in [0, 0.05) is 24.3 Å². The lowest BCUT2D eigenvalue weighted by Gasteiger charge is -2.32. The Morgan fingerprint density at radius 3 is 2.27 bits per heavy atom. The molecule has 0 heterocycles. The highest BCUT2D eigenvalue weighted by atomic mass is 16.4. The quantitative estimate of drug-likeness (QED) is 0.837. The molecule has 0 radical (unpaired) electrons. The molecule has 22 heavy (non-hydrogen) atoms. The van der Waals surface area contributed by atoms with E-state index < -0.39 is 17.8 Å². The van der Waals surface area contributed by atoms with Crippen LogP contribution in [0.25, 0.3) is 0 Å². The molecule has 0 unspecified atom stereocenters. The van der Waals surface area contributed by atoms with Gasteiger partial charge in [-0.05, 0) is 38.7 Å². The zero-order chi connectivity index (χ0) is 16.1. The smallest absolute Gasteiger partial charge is 0.224 e. The van der Waals surface area contributed by atoms with E-state index in [-0.39, 0.29) is 5.91 Å². The fourth-order valence-corrected chi connectivity index (χ4v) is 2.92. The Morgan fingerprint density at radius 1 is 1.09 bits per heavy atom. The average Bonchev–Trinajstić information content (AvgIpc) is 2.50. The summed E-state index contributed by atoms with van der Waals surface area (Å²) < 4.78 is 0. The zero-order valence-corrected chi connectivity index (χ0v) is 13.1. The number of aliphatic carboxylic acids is 1. The van der Waals surface area contributed by atoms with E-state index in [1.165, 1.54) is 0 Å². The van der Waals surface area contributed by atoms with Crippen molar-refractivity contribution < 1.29 is 14.7 Å². The van der Waals surface area contributed by atoms with Crippen molar-refractivity contribution in [2.45, 2.75) is 33.1 Å². The maximum absolute atomic E-state index is 12.3. The number of carbonyl (C=O) groups excluding carboxylic acids is 2. The Bertz CT molecular complexity index is 577. The molecule has 0 bridgehead atoms. The van der Waals surface area contributed by atoms with Crippen LogP contribution in [0.5, 0.6) is 0 Å². The third-order valence-corrected chi connectivity index (χ3v) is 4.46. The van der Waals surface area contributed by atoms with Gasteiger partial charge in [-0.15, -0.1) is 0 Å². The summed E-state index contributed by atoms with van der Waals surface area (Å²) in [5.74, 6) is -2.56. The first-order valence-corrected chi connectivity index (χ1v) is 7.66. The number of carbonyl (C=O) groups is 2. The van der Waals surface area contributed by atoms with Gasteiger partial charge >= 0.3 is 0 Å². The molecular formula is C18H22NO3-. The minimum atomic E-state index is -1.13. The van der Waals surface area contributed by atoms with E-state index in [0.717, 1.165) is 23.1 Å². The number of nitrogens with one attached hydrogen (secondary N) is 1. The minimum Gasteiger partial charge on any atom is -0.550 e. The number of rotatable bonds is 5. The van der Waals surface area contributed by atoms with Crippen LogP contribution in [0, 0.1) is 11.8 Å². The highest BCUT2D eigenvalue weighted by Gasteiger charge is 2.33. The van der Waals surface area contributed by atoms with Crippen LogP contribution >= 0.6 is 0 Å². The number of amides is 1. The number of carboxylic acid groups (broad SMARTS) is 1. The largest absolute Gasteiger partial charge is 0.550 e. The van der Waals surface area contributed by atoms with Gasteiger partial charge in [-0.25, -0.2) is 0 Å². The summed E-state index contributed by atoms with van der Waals surface area (Å²) in [4.78, 5) is 23.6. The molecule has 1 aliphatic rings. The van der Waals surface area contributed by atoms with Crippen LogP contribution in [-0.2, 0) is 16.0 Å². The maximum Gasteiger partial charge on any atom is 0.224 e. The van der Waals surface area contributed by atoms with Gasteiger partial charge in [0.05, 0.1) is 0 Å². The van der Waals surface area contributed by atoms with Crippen molar-refractivity contribution in [1.82, 2.24) is 5.32 Å². The lowest BCUT2D eigenvalue weighted by molar-refractivity contribution is -0.313. The number of hydrogen-bond donors (Lipinski definition) is 1. The van der Waals surface area contributed by atoms with Crippen LogP contribution in [0.2, 0.25) is 0 Å². The molecular weight excluding hydrogens is 278 g/mol. The standard InChI is InChI=1S/C18H23NO3/c1-12-10-15(16(18(21)22)11-13(12)2)17(20)19-9-8-14-6-4-3-5-7-14/h3-7,15-16H,8-11H2,1-2H3,(H,19,20)(H,21,22)/p-1/t15-,16+/m0/s1. The molecule has 118 valence electrons. The number of hydrogen-bond acceptors (Lipinski definition) is 3. The number of carboxylic acids is 1. The van der Waals surface area contributed by atoms with Gasteiger partial charge in [-0.2, -0.15) is 0 Å². The van der Waals surface area contributed by atoms with Crippen LogP contribution in [0.1, 0.15) is 32.3 Å². The van der Waals surface area contributed by atoms with Crippen molar-refractivity contribution in [2.75, 3.05) is 6.54 Å². The third kappa shape index (κ3) is 3.97. The summed E-state index contributed by atoms with van der Waals surface area (Å²) >= 11 is 0. The molecule has 1 amide bonds. The van der Waals surface area contributed by atoms with E-state index in [9.17, 15) is 14.7 Å². The fraction of sp³-hybridized carbons (Fsp3) is 0.444. The first-order chi connectivity index (χ1) is 10.5. The molecule has 0 saturated heterocycles. The molecule has 2 rings (SSSR count). The van der Waals surface area contributed by atoms with Crippen LogP contribution in [-0.4, -0.2) is 18.4 Å². The van der Waals surface area contributed by atoms with Crippen molar-refractivity contribution in [1.29, 1.82) is 0 Å². The Morgan fingerprint density at radius 2 is 1.68 bits per heavy atom. The summed E-state index contributed by atoms with van der Waals surface area (Å²) in [6, 6.07) is 9.88. The summed E-state index contributed by atoms with van der Waals surface area (Å²) in [6.45, 7) is 4.40. The third-order valence-electron chi connectivity index (χ3n) is 4.46. The normalized spacial score (nSPS) is 21.5. The van der Waals surface area contributed by atoms with Gasteiger partial charge in [0.1, 0.15) is 0 Å². The maximum atomic E-state index is 12.3. The van der Waals surface area contributed by atoms with Gasteiger partial charge < -0.3 is 15.2 Å². The van der Waals surface area contributed by atoms with E-state index in [1.54, 1.807) is 0 Å². The van der Waals surface area contributed by atoms with Crippen LogP contribution in [0.15, 0.2) is 41.5 Å². The second-order valence-electron chi connectivity index (χ2n) is 6.03. The summed E-state index contributed by atoms with van der Waals surface area (Å²) in [5, 5.41) is 14.2. The summed E-state index contributed by atoms with van der Waals surface area (Å²) in [6.07, 6.45) is 1.65. The van der Waals surface area contributed by atoms with Gasteiger partial charge in [0.2, 0.25) is 5.91 Å². The van der Waals surface area contributed by atoms with Crippen LogP contribution in [0.4, 0.5) is 0 Å². The lowest BCUT2D eigenvalue weighted by Crippen LogP contribution is -2.45. The summed E-state index contributed by atoms with van der Waals surface area (Å²) in [7, 11) is 0. The Labute approximate surface area is 131 Å². The molecule has 0 aliphatic heterocycles. The Kier molecular flexibility index (Phi) is 5.36. The van der Waals surface area contributed by atoms with Crippen molar-refractivity contribution in [3.05, 3.63) is 47.0 Å². The van der Waals surface area contributed by atoms with Crippen LogP contribution < -0.4 is 10.4 Å². The molecule has 2 atom stereocenters. The van der Waals surface area contributed by atoms with E-state index in [2.05, 4.69) is 5.32 Å². The molecule has 0 fully saturated rings. The van der Waals surface area contributed by atoms with E-state index in [1.807, 2.05) is 44.2 Å². The van der Waals surface area contributed by atoms with Gasteiger partial charge in [0.15, 0.2) is 0 Å². The second-order valence-corrected chi connectivity index (χ2v) is 6.03. The number of benzene rings is 1. The molecule has 4 heteroatoms. The molecule has 0 spiro atoms. The predicted octanol–water partition coefficient (Wildman–Crippen LogP) is 1.46. The highest BCUT2D eigenvalue weighted by Crippen LogP contribution is 2.33. The molecule has 1 N–H and O–H groups in total. The molecule has 1 aliphatic carbocycles. The zero-order valence-electron chi connectivity index (χ0n) is 13.1. The fourth-order valence-electron chi connectivity index (χ4n) is 2.92. The van der Waals surface area contributed by atoms with E-state index in [0.29, 0.717) is 19.4 Å². The van der Waals surface area contributed by atoms with E-state index >= 15 is 0 Å². The summed E-state index contributed by atoms with van der Waals surface area (Å²) in [5.41, 5.74) is 3.32. The Hall–Kier alpha value is -2.10. The Balaban J connectivity index is 1.94.